The zero-order chi connectivity index (χ0) is 27.7. The van der Waals surface area contributed by atoms with Crippen LogP contribution < -0.4 is 29.1 Å². The predicted molar refractivity (Wildman–Crippen MR) is 149 cm³/mol. The second-order valence-corrected chi connectivity index (χ2v) is 10.8. The fourth-order valence-corrected chi connectivity index (χ4v) is 5.85. The zero-order valence-corrected chi connectivity index (χ0v) is 23.7. The minimum absolute atomic E-state index is 0.0608. The summed E-state index contributed by atoms with van der Waals surface area (Å²) >= 11 is 7.55. The molecular formula is C29H29ClN2O6S. The van der Waals surface area contributed by atoms with E-state index in [1.165, 1.54) is 11.3 Å². The summed E-state index contributed by atoms with van der Waals surface area (Å²) < 4.78 is 24.5. The minimum Gasteiger partial charge on any atom is -0.490 e. The van der Waals surface area contributed by atoms with Crippen LogP contribution in [0.2, 0.25) is 5.02 Å². The van der Waals surface area contributed by atoms with Crippen molar-refractivity contribution >= 4 is 35.0 Å². The van der Waals surface area contributed by atoms with Crippen LogP contribution >= 0.6 is 22.9 Å². The van der Waals surface area contributed by atoms with Gasteiger partial charge < -0.3 is 18.9 Å². The maximum atomic E-state index is 14.0. The van der Waals surface area contributed by atoms with Crippen LogP contribution in [0.15, 0.2) is 57.5 Å². The maximum Gasteiger partial charge on any atom is 0.338 e. The Labute approximate surface area is 234 Å². The summed E-state index contributed by atoms with van der Waals surface area (Å²) in [7, 11) is 0. The summed E-state index contributed by atoms with van der Waals surface area (Å²) in [5, 5.41) is 0.526. The third-order valence-electron chi connectivity index (χ3n) is 6.23. The number of halogens is 1. The smallest absolute Gasteiger partial charge is 0.338 e. The molecule has 3 heterocycles. The molecule has 0 unspecified atom stereocenters. The molecule has 3 aromatic rings. The van der Waals surface area contributed by atoms with Crippen LogP contribution in [0, 0.1) is 0 Å². The van der Waals surface area contributed by atoms with Gasteiger partial charge in [-0.15, -0.1) is 0 Å². The molecule has 2 aliphatic rings. The number of carbonyl (C=O) groups excluding carboxylic acids is 1. The fourth-order valence-electron chi connectivity index (χ4n) is 4.65. The Morgan fingerprint density at radius 3 is 2.74 bits per heavy atom. The van der Waals surface area contributed by atoms with E-state index in [0.717, 1.165) is 6.42 Å². The number of fused-ring (bicyclic) bond motifs is 2. The highest BCUT2D eigenvalue weighted by molar-refractivity contribution is 7.07. The lowest BCUT2D eigenvalue weighted by atomic mass is 9.94. The Hall–Kier alpha value is -3.56. The summed E-state index contributed by atoms with van der Waals surface area (Å²) in [5.74, 6) is 1.29. The van der Waals surface area contributed by atoms with Crippen molar-refractivity contribution in [2.75, 3.05) is 13.4 Å². The molecule has 204 valence electrons. The molecule has 0 bridgehead atoms. The number of nitrogens with zero attached hydrogens (tertiary/aromatic N) is 2. The van der Waals surface area contributed by atoms with Crippen molar-refractivity contribution in [3.05, 3.63) is 83.5 Å². The van der Waals surface area contributed by atoms with E-state index in [1.54, 1.807) is 41.8 Å². The first-order chi connectivity index (χ1) is 18.8. The van der Waals surface area contributed by atoms with E-state index in [2.05, 4.69) is 0 Å². The first kappa shape index (κ1) is 27.0. The molecule has 2 aromatic carbocycles. The second kappa shape index (κ2) is 11.3. The van der Waals surface area contributed by atoms with Gasteiger partial charge in [-0.05, 0) is 69.2 Å². The molecule has 0 N–H and O–H groups in total. The first-order valence-corrected chi connectivity index (χ1v) is 14.1. The predicted octanol–water partition coefficient (Wildman–Crippen LogP) is 4.75. The van der Waals surface area contributed by atoms with Gasteiger partial charge in [-0.2, -0.15) is 0 Å². The molecule has 8 nitrogen and oxygen atoms in total. The number of carbonyl (C=O) groups is 1. The lowest BCUT2D eigenvalue weighted by Gasteiger charge is -2.25. The molecule has 0 radical (unpaired) electrons. The number of benzene rings is 2. The molecule has 2 aliphatic heterocycles. The third kappa shape index (κ3) is 5.33. The molecule has 10 heteroatoms. The Morgan fingerprint density at radius 2 is 2.00 bits per heavy atom. The molecular weight excluding hydrogens is 540 g/mol. The summed E-state index contributed by atoms with van der Waals surface area (Å²) in [6.07, 6.45) is 3.02. The number of rotatable bonds is 8. The third-order valence-corrected chi connectivity index (χ3v) is 7.44. The quantitative estimate of drug-likeness (QED) is 0.365. The zero-order valence-electron chi connectivity index (χ0n) is 22.2. The van der Waals surface area contributed by atoms with E-state index < -0.39 is 12.0 Å². The van der Waals surface area contributed by atoms with Crippen LogP contribution in [0.4, 0.5) is 0 Å². The van der Waals surface area contributed by atoms with E-state index in [-0.39, 0.29) is 25.1 Å². The molecule has 0 saturated carbocycles. The number of thiazole rings is 1. The SMILES string of the molecule is CCCC1=C(C(=O)OCC)[C@@H](c2ccc3c(c2)OCO3)n2c(s/c(=C/c3cc(Cl)ccc3OC(C)C)c2=O)=N1. The summed E-state index contributed by atoms with van der Waals surface area (Å²) in [6, 6.07) is 10.00. The number of aromatic nitrogens is 1. The van der Waals surface area contributed by atoms with Gasteiger partial charge in [0.05, 0.1) is 34.6 Å². The molecule has 0 aliphatic carbocycles. The van der Waals surface area contributed by atoms with Crippen LogP contribution in [0.1, 0.15) is 57.7 Å². The summed E-state index contributed by atoms with van der Waals surface area (Å²) in [4.78, 5) is 32.7. The molecule has 1 aromatic heterocycles. The van der Waals surface area contributed by atoms with E-state index in [4.69, 9.17) is 35.5 Å². The molecule has 0 fully saturated rings. The van der Waals surface area contributed by atoms with Crippen molar-refractivity contribution in [3.63, 3.8) is 0 Å². The van der Waals surface area contributed by atoms with Gasteiger partial charge >= 0.3 is 5.97 Å². The summed E-state index contributed by atoms with van der Waals surface area (Å²) in [6.45, 7) is 7.96. The molecule has 0 amide bonds. The van der Waals surface area contributed by atoms with Crippen molar-refractivity contribution in [2.24, 2.45) is 4.99 Å². The summed E-state index contributed by atoms with van der Waals surface area (Å²) in [5.41, 5.74) is 2.06. The molecule has 5 rings (SSSR count). The van der Waals surface area contributed by atoms with Gasteiger partial charge in [-0.25, -0.2) is 9.79 Å². The van der Waals surface area contributed by atoms with Crippen LogP contribution in [0.25, 0.3) is 6.08 Å². The van der Waals surface area contributed by atoms with E-state index in [0.29, 0.717) is 60.4 Å². The molecule has 0 saturated heterocycles. The first-order valence-electron chi connectivity index (χ1n) is 12.9. The lowest BCUT2D eigenvalue weighted by molar-refractivity contribution is -0.139. The topological polar surface area (TPSA) is 88.4 Å². The Kier molecular flexibility index (Phi) is 7.81. The van der Waals surface area contributed by atoms with Crippen molar-refractivity contribution in [2.45, 2.75) is 52.7 Å². The van der Waals surface area contributed by atoms with Gasteiger partial charge in [0.15, 0.2) is 16.3 Å². The maximum absolute atomic E-state index is 14.0. The minimum atomic E-state index is -0.746. The number of esters is 1. The largest absolute Gasteiger partial charge is 0.490 e. The van der Waals surface area contributed by atoms with Gasteiger partial charge in [-0.3, -0.25) is 9.36 Å². The van der Waals surface area contributed by atoms with Crippen LogP contribution in [0.5, 0.6) is 17.2 Å². The van der Waals surface area contributed by atoms with E-state index in [9.17, 15) is 9.59 Å². The van der Waals surface area contributed by atoms with Crippen molar-refractivity contribution in [1.29, 1.82) is 0 Å². The van der Waals surface area contributed by atoms with Gasteiger partial charge in [0.25, 0.3) is 5.56 Å². The Balaban J connectivity index is 1.75. The van der Waals surface area contributed by atoms with E-state index >= 15 is 0 Å². The standard InChI is InChI=1S/C29H29ClN2O6S/c1-5-7-20-25(28(34)35-6-2)26(17-8-10-22-23(13-17)37-15-36-22)32-27(33)24(39-29(32)31-20)14-18-12-19(30)9-11-21(18)38-16(3)4/h8-14,16,26H,5-7,15H2,1-4H3/b24-14+/t26-/m1/s1. The monoisotopic (exact) mass is 568 g/mol. The van der Waals surface area contributed by atoms with Gasteiger partial charge in [-0.1, -0.05) is 42.3 Å². The normalized spacial score (nSPS) is 16.4. The van der Waals surface area contributed by atoms with Gasteiger partial charge in [0, 0.05) is 10.6 Å². The highest BCUT2D eigenvalue weighted by Gasteiger charge is 2.35. The van der Waals surface area contributed by atoms with Crippen molar-refractivity contribution in [3.8, 4) is 17.2 Å². The highest BCUT2D eigenvalue weighted by atomic mass is 35.5. The number of ether oxygens (including phenoxy) is 4. The van der Waals surface area contributed by atoms with Crippen LogP contribution in [-0.2, 0) is 9.53 Å². The number of hydrogen-bond acceptors (Lipinski definition) is 8. The number of hydrogen-bond donors (Lipinski definition) is 0. The Bertz CT molecular complexity index is 1640. The molecule has 1 atom stereocenters. The van der Waals surface area contributed by atoms with Crippen molar-refractivity contribution in [1.82, 2.24) is 4.57 Å². The second-order valence-electron chi connectivity index (χ2n) is 9.38. The Morgan fingerprint density at radius 1 is 1.21 bits per heavy atom. The molecule has 0 spiro atoms. The van der Waals surface area contributed by atoms with Gasteiger partial charge in [0.2, 0.25) is 6.79 Å². The average molecular weight is 569 g/mol. The van der Waals surface area contributed by atoms with Gasteiger partial charge in [0.1, 0.15) is 5.75 Å². The lowest BCUT2D eigenvalue weighted by Crippen LogP contribution is -2.40. The number of allylic oxidation sites excluding steroid dienone is 1. The molecule has 39 heavy (non-hydrogen) atoms. The van der Waals surface area contributed by atoms with E-state index in [1.807, 2.05) is 32.9 Å². The fraction of sp³-hybridized carbons (Fsp3) is 0.345. The van der Waals surface area contributed by atoms with Crippen LogP contribution in [0.3, 0.4) is 0 Å². The average Bonchev–Trinajstić information content (AvgIpc) is 3.48. The highest BCUT2D eigenvalue weighted by Crippen LogP contribution is 2.39. The van der Waals surface area contributed by atoms with Crippen molar-refractivity contribution < 1.29 is 23.7 Å². The van der Waals surface area contributed by atoms with Crippen LogP contribution in [-0.4, -0.2) is 30.0 Å².